The van der Waals surface area contributed by atoms with Crippen molar-refractivity contribution in [2.75, 3.05) is 13.1 Å². The zero-order valence-electron chi connectivity index (χ0n) is 19.6. The van der Waals surface area contributed by atoms with Gasteiger partial charge in [-0.05, 0) is 56.9 Å². The molecule has 1 aliphatic carbocycles. The molecule has 0 radical (unpaired) electrons. The number of nitrogens with one attached hydrogen (secondary N) is 2. The second-order valence-corrected chi connectivity index (χ2v) is 11.3. The lowest BCUT2D eigenvalue weighted by atomic mass is 9.89. The van der Waals surface area contributed by atoms with E-state index in [1.807, 2.05) is 25.1 Å². The Balaban J connectivity index is 1.39. The van der Waals surface area contributed by atoms with Crippen LogP contribution in [0.1, 0.15) is 54.4 Å². The zero-order chi connectivity index (χ0) is 24.1. The molecule has 2 aromatic rings. The third kappa shape index (κ3) is 5.67. The number of carbonyl (C=O) groups excluding carboxylic acids is 2. The molecule has 0 aromatic heterocycles. The molecule has 8 heteroatoms. The molecule has 182 valence electrons. The zero-order valence-corrected chi connectivity index (χ0v) is 20.4. The first-order valence-electron chi connectivity index (χ1n) is 12.1. The maximum absolute atomic E-state index is 13.2. The SMILES string of the molecule is Cc1ccc(S(=O)(=O)N2CCCC(C(=O)N[C@@H]3CCCC[C@H]3NC(=O)c3ccccc3)C2)cc1. The number of carbonyl (C=O) groups is 2. The van der Waals surface area contributed by atoms with E-state index in [9.17, 15) is 18.0 Å². The number of aryl methyl sites for hydroxylation is 1. The second kappa shape index (κ2) is 10.7. The van der Waals surface area contributed by atoms with Crippen LogP contribution in [0.3, 0.4) is 0 Å². The Hall–Kier alpha value is -2.71. The molecule has 1 saturated heterocycles. The average molecular weight is 484 g/mol. The summed E-state index contributed by atoms with van der Waals surface area (Å²) in [5.41, 5.74) is 1.60. The third-order valence-electron chi connectivity index (χ3n) is 6.86. The van der Waals surface area contributed by atoms with Gasteiger partial charge in [-0.2, -0.15) is 4.31 Å². The topological polar surface area (TPSA) is 95.6 Å². The fourth-order valence-corrected chi connectivity index (χ4v) is 6.38. The van der Waals surface area contributed by atoms with E-state index < -0.39 is 15.9 Å². The Kier molecular flexibility index (Phi) is 7.68. The van der Waals surface area contributed by atoms with Crippen LogP contribution >= 0.6 is 0 Å². The molecule has 2 fully saturated rings. The van der Waals surface area contributed by atoms with Crippen LogP contribution in [0, 0.1) is 12.8 Å². The molecule has 1 heterocycles. The van der Waals surface area contributed by atoms with E-state index in [0.29, 0.717) is 24.9 Å². The van der Waals surface area contributed by atoms with Crippen LogP contribution in [0.25, 0.3) is 0 Å². The summed E-state index contributed by atoms with van der Waals surface area (Å²) in [6, 6.07) is 15.6. The van der Waals surface area contributed by atoms with Crippen LogP contribution in [-0.2, 0) is 14.8 Å². The van der Waals surface area contributed by atoms with E-state index in [1.54, 1.807) is 36.4 Å². The lowest BCUT2D eigenvalue weighted by molar-refractivity contribution is -0.127. The molecular formula is C26H33N3O4S. The van der Waals surface area contributed by atoms with Gasteiger partial charge in [0.05, 0.1) is 10.8 Å². The Bertz CT molecular complexity index is 1100. The van der Waals surface area contributed by atoms with E-state index in [0.717, 1.165) is 31.2 Å². The summed E-state index contributed by atoms with van der Waals surface area (Å²) in [7, 11) is -3.64. The highest BCUT2D eigenvalue weighted by atomic mass is 32.2. The number of sulfonamides is 1. The van der Waals surface area contributed by atoms with Gasteiger partial charge in [-0.15, -0.1) is 0 Å². The lowest BCUT2D eigenvalue weighted by Crippen LogP contribution is -2.55. The molecule has 1 unspecified atom stereocenters. The minimum atomic E-state index is -3.64. The van der Waals surface area contributed by atoms with Crippen molar-refractivity contribution >= 4 is 21.8 Å². The molecule has 7 nitrogen and oxygen atoms in total. The molecule has 4 rings (SSSR count). The van der Waals surface area contributed by atoms with E-state index in [1.165, 1.54) is 4.31 Å². The predicted molar refractivity (Wildman–Crippen MR) is 131 cm³/mol. The Morgan fingerprint density at radius 3 is 2.18 bits per heavy atom. The lowest BCUT2D eigenvalue weighted by Gasteiger charge is -2.36. The van der Waals surface area contributed by atoms with Crippen LogP contribution in [0.15, 0.2) is 59.5 Å². The van der Waals surface area contributed by atoms with Gasteiger partial charge in [-0.1, -0.05) is 48.7 Å². The summed E-state index contributed by atoms with van der Waals surface area (Å²) < 4.78 is 27.7. The van der Waals surface area contributed by atoms with Crippen molar-refractivity contribution in [3.63, 3.8) is 0 Å². The number of piperidine rings is 1. The van der Waals surface area contributed by atoms with Crippen molar-refractivity contribution in [1.82, 2.24) is 14.9 Å². The van der Waals surface area contributed by atoms with Crippen molar-refractivity contribution < 1.29 is 18.0 Å². The Labute approximate surface area is 202 Å². The van der Waals surface area contributed by atoms with Gasteiger partial charge in [0.15, 0.2) is 0 Å². The summed E-state index contributed by atoms with van der Waals surface area (Å²) in [6.07, 6.45) is 4.88. The average Bonchev–Trinajstić information content (AvgIpc) is 2.86. The van der Waals surface area contributed by atoms with Crippen LogP contribution in [0.2, 0.25) is 0 Å². The van der Waals surface area contributed by atoms with Gasteiger partial charge >= 0.3 is 0 Å². The van der Waals surface area contributed by atoms with Crippen molar-refractivity contribution in [3.05, 3.63) is 65.7 Å². The monoisotopic (exact) mass is 483 g/mol. The maximum atomic E-state index is 13.2. The minimum absolute atomic E-state index is 0.130. The van der Waals surface area contributed by atoms with Crippen LogP contribution in [0.5, 0.6) is 0 Å². The van der Waals surface area contributed by atoms with Gasteiger partial charge in [0.25, 0.3) is 5.91 Å². The van der Waals surface area contributed by atoms with E-state index in [4.69, 9.17) is 0 Å². The van der Waals surface area contributed by atoms with Crippen LogP contribution in [-0.4, -0.2) is 49.7 Å². The highest BCUT2D eigenvalue weighted by Crippen LogP contribution is 2.25. The number of benzene rings is 2. The predicted octanol–water partition coefficient (Wildman–Crippen LogP) is 3.25. The number of hydrogen-bond acceptors (Lipinski definition) is 4. The first kappa shape index (κ1) is 24.4. The summed E-state index contributed by atoms with van der Waals surface area (Å²) in [4.78, 5) is 26.1. The molecule has 2 amide bonds. The largest absolute Gasteiger partial charge is 0.351 e. The first-order valence-corrected chi connectivity index (χ1v) is 13.5. The number of nitrogens with zero attached hydrogens (tertiary/aromatic N) is 1. The molecule has 2 aromatic carbocycles. The third-order valence-corrected chi connectivity index (χ3v) is 8.74. The van der Waals surface area contributed by atoms with Gasteiger partial charge in [-0.3, -0.25) is 9.59 Å². The van der Waals surface area contributed by atoms with E-state index in [-0.39, 0.29) is 35.3 Å². The van der Waals surface area contributed by atoms with Gasteiger partial charge < -0.3 is 10.6 Å². The van der Waals surface area contributed by atoms with Gasteiger partial charge in [0, 0.05) is 30.7 Å². The fourth-order valence-electron chi connectivity index (χ4n) is 4.85. The number of hydrogen-bond donors (Lipinski definition) is 2. The van der Waals surface area contributed by atoms with Crippen molar-refractivity contribution in [2.45, 2.75) is 62.4 Å². The van der Waals surface area contributed by atoms with Gasteiger partial charge in [0.1, 0.15) is 0 Å². The van der Waals surface area contributed by atoms with E-state index >= 15 is 0 Å². The molecule has 0 spiro atoms. The Morgan fingerprint density at radius 1 is 0.853 bits per heavy atom. The molecular weight excluding hydrogens is 450 g/mol. The summed E-state index contributed by atoms with van der Waals surface area (Å²) in [5, 5.41) is 6.23. The highest BCUT2D eigenvalue weighted by Gasteiger charge is 2.35. The molecule has 0 bridgehead atoms. The quantitative estimate of drug-likeness (QED) is 0.659. The molecule has 2 N–H and O–H groups in total. The fraction of sp³-hybridized carbons (Fsp3) is 0.462. The standard InChI is InChI=1S/C26H33N3O4S/c1-19-13-15-22(16-14-19)34(32,33)29-17-7-10-21(18-29)26(31)28-24-12-6-5-11-23(24)27-25(30)20-8-3-2-4-9-20/h2-4,8-9,13-16,21,23-24H,5-7,10-12,17-18H2,1H3,(H,27,30)(H,28,31)/t21?,23-,24-/m1/s1. The van der Waals surface area contributed by atoms with Crippen molar-refractivity contribution in [2.24, 2.45) is 5.92 Å². The number of amides is 2. The van der Waals surface area contributed by atoms with Crippen molar-refractivity contribution in [3.8, 4) is 0 Å². The molecule has 1 saturated carbocycles. The smallest absolute Gasteiger partial charge is 0.251 e. The molecule has 2 aliphatic rings. The highest BCUT2D eigenvalue weighted by molar-refractivity contribution is 7.89. The van der Waals surface area contributed by atoms with Gasteiger partial charge in [-0.25, -0.2) is 8.42 Å². The molecule has 1 aliphatic heterocycles. The van der Waals surface area contributed by atoms with E-state index in [2.05, 4.69) is 10.6 Å². The number of rotatable bonds is 6. The Morgan fingerprint density at radius 2 is 1.50 bits per heavy atom. The maximum Gasteiger partial charge on any atom is 0.251 e. The molecule has 3 atom stereocenters. The second-order valence-electron chi connectivity index (χ2n) is 9.36. The summed E-state index contributed by atoms with van der Waals surface area (Å²) >= 11 is 0. The van der Waals surface area contributed by atoms with Crippen LogP contribution < -0.4 is 10.6 Å². The molecule has 34 heavy (non-hydrogen) atoms. The minimum Gasteiger partial charge on any atom is -0.351 e. The van der Waals surface area contributed by atoms with Crippen LogP contribution in [0.4, 0.5) is 0 Å². The van der Waals surface area contributed by atoms with Crippen molar-refractivity contribution in [1.29, 1.82) is 0 Å². The summed E-state index contributed by atoms with van der Waals surface area (Å²) in [5.74, 6) is -0.671. The first-order chi connectivity index (χ1) is 16.3. The summed E-state index contributed by atoms with van der Waals surface area (Å²) in [6.45, 7) is 2.51. The van der Waals surface area contributed by atoms with Gasteiger partial charge in [0.2, 0.25) is 15.9 Å². The normalized spacial score (nSPS) is 23.7.